The molecule has 0 amide bonds. The Hall–Kier alpha value is -8.97. The molecular formula is C61H54N8O8. The predicted octanol–water partition coefficient (Wildman–Crippen LogP) is 8.43. The fourth-order valence-electron chi connectivity index (χ4n) is 13.3. The zero-order valence-corrected chi connectivity index (χ0v) is 44.1. The van der Waals surface area contributed by atoms with Gasteiger partial charge in [-0.3, -0.25) is 14.4 Å². The van der Waals surface area contributed by atoms with Crippen LogP contribution >= 0.6 is 0 Å². The number of anilines is 1. The summed E-state index contributed by atoms with van der Waals surface area (Å²) in [7, 11) is 4.08. The molecule has 8 aromatic rings. The van der Waals surface area contributed by atoms with E-state index in [1.807, 2.05) is 82.3 Å². The van der Waals surface area contributed by atoms with Gasteiger partial charge in [0.1, 0.15) is 6.61 Å². The second-order valence-corrected chi connectivity index (χ2v) is 20.2. The summed E-state index contributed by atoms with van der Waals surface area (Å²) in [4.78, 5) is 71.6. The van der Waals surface area contributed by atoms with Gasteiger partial charge in [0.05, 0.1) is 55.8 Å². The number of ether oxygens (including phenoxy) is 4. The Kier molecular flexibility index (Phi) is 11.9. The van der Waals surface area contributed by atoms with Crippen LogP contribution in [0.3, 0.4) is 0 Å². The van der Waals surface area contributed by atoms with Crippen LogP contribution < -0.4 is 4.90 Å². The van der Waals surface area contributed by atoms with Crippen molar-refractivity contribution < 1.29 is 38.1 Å². The molecule has 77 heavy (non-hydrogen) atoms. The van der Waals surface area contributed by atoms with E-state index in [9.17, 15) is 19.2 Å². The highest BCUT2D eigenvalue weighted by Crippen LogP contribution is 2.61. The number of esters is 3. The van der Waals surface area contributed by atoms with Gasteiger partial charge in [0.15, 0.2) is 0 Å². The maximum Gasteiger partial charge on any atom is 0.334 e. The molecule has 16 nitrogen and oxygen atoms in total. The topological polar surface area (TPSA) is 183 Å². The van der Waals surface area contributed by atoms with Gasteiger partial charge >= 0.3 is 17.9 Å². The lowest BCUT2D eigenvalue weighted by Gasteiger charge is -2.48. The van der Waals surface area contributed by atoms with E-state index in [-0.39, 0.29) is 24.3 Å². The number of nitrogens with zero attached hydrogens (tertiary/aromatic N) is 8. The zero-order chi connectivity index (χ0) is 53.7. The monoisotopic (exact) mass is 1030 g/mol. The van der Waals surface area contributed by atoms with Gasteiger partial charge in [-0.15, -0.1) is 0 Å². The third kappa shape index (κ3) is 7.38. The van der Waals surface area contributed by atoms with Crippen molar-refractivity contribution in [3.05, 3.63) is 175 Å². The third-order valence-corrected chi connectivity index (χ3v) is 16.2. The van der Waals surface area contributed by atoms with Crippen molar-refractivity contribution >= 4 is 51.6 Å². The standard InChI is InChI=1S/C61H54N8O8/c1-10-67(11-2)56-45-26-41-42(50-36-17-13-12-16-35(36)49(41)47(28-77-29-70)53(50)57(71)74-7)24-39(45)34(20-21-48-62-60(68-32(5)22-30(3)65-68)64-61(63-48)69-33(6)23-31(4)66-69)40-25-43-44(27-46(40)56)52-38-19-15-14-18-37(38)51(43)54(58(72)75-8)55(52)59(73)76-9/h12-19,22-27,29,49-52,54-55H,10-11,28H2,1-9H3. The predicted molar refractivity (Wildman–Crippen MR) is 286 cm³/mol. The average Bonchev–Trinajstić information content (AvgIpc) is 4.13. The SMILES string of the molecule is CCN(CC)c1c2cc3c(cc2c(C#Cc2nc(-n4nc(C)cc4C)nc(-n4nc(C)cc4C)n2)c2cc4c(cc12)C1c2ccccc2C4C(C(=O)OC)C1C(=O)OC)C1C(C(=O)OC)=C(COC=O)C3c2ccccc21. The Bertz CT molecular complexity index is 3900. The van der Waals surface area contributed by atoms with Gasteiger partial charge in [-0.2, -0.15) is 25.1 Å². The number of rotatable bonds is 11. The number of aryl methyl sites for hydroxylation is 4. The van der Waals surface area contributed by atoms with Crippen LogP contribution in [0.5, 0.6) is 0 Å². The van der Waals surface area contributed by atoms with Gasteiger partial charge in [-0.1, -0.05) is 54.5 Å². The van der Waals surface area contributed by atoms with E-state index in [1.165, 1.54) is 21.3 Å². The summed E-state index contributed by atoms with van der Waals surface area (Å²) >= 11 is 0. The smallest absolute Gasteiger partial charge is 0.334 e. The van der Waals surface area contributed by atoms with Gasteiger partial charge in [0.2, 0.25) is 5.82 Å². The highest BCUT2D eigenvalue weighted by molar-refractivity contribution is 6.17. The highest BCUT2D eigenvalue weighted by Gasteiger charge is 2.57. The van der Waals surface area contributed by atoms with Crippen LogP contribution in [0.25, 0.3) is 33.4 Å². The minimum atomic E-state index is -0.885. The third-order valence-electron chi connectivity index (χ3n) is 16.2. The first-order chi connectivity index (χ1) is 37.3. The average molecular weight is 1030 g/mol. The molecule has 6 aliphatic carbocycles. The van der Waals surface area contributed by atoms with Crippen molar-refractivity contribution in [3.63, 3.8) is 0 Å². The first-order valence-corrected chi connectivity index (χ1v) is 25.7. The van der Waals surface area contributed by atoms with E-state index >= 15 is 0 Å². The van der Waals surface area contributed by atoms with Gasteiger partial charge in [0, 0.05) is 75.3 Å². The molecule has 0 spiro atoms. The Labute approximate surface area is 444 Å². The zero-order valence-electron chi connectivity index (χ0n) is 44.1. The summed E-state index contributed by atoms with van der Waals surface area (Å²) in [6.07, 6.45) is 0. The summed E-state index contributed by atoms with van der Waals surface area (Å²) in [5.41, 5.74) is 13.4. The Morgan fingerprint density at radius 1 is 0.597 bits per heavy atom. The summed E-state index contributed by atoms with van der Waals surface area (Å²) < 4.78 is 25.4. The molecule has 6 atom stereocenters. The quantitative estimate of drug-likeness (QED) is 0.0396. The number of hydrogen-bond donors (Lipinski definition) is 0. The maximum absolute atomic E-state index is 14.2. The van der Waals surface area contributed by atoms with E-state index < -0.39 is 53.4 Å². The summed E-state index contributed by atoms with van der Waals surface area (Å²) in [5.74, 6) is 2.33. The van der Waals surface area contributed by atoms with Crippen molar-refractivity contribution in [3.8, 4) is 23.7 Å². The van der Waals surface area contributed by atoms with Crippen LogP contribution in [0.2, 0.25) is 0 Å². The molecule has 0 N–H and O–H groups in total. The molecule has 0 saturated carbocycles. The molecule has 16 heteroatoms. The summed E-state index contributed by atoms with van der Waals surface area (Å²) in [6, 6.07) is 28.7. The fourth-order valence-corrected chi connectivity index (χ4v) is 13.3. The van der Waals surface area contributed by atoms with Crippen LogP contribution in [0, 0.1) is 51.4 Å². The maximum atomic E-state index is 14.2. The first kappa shape index (κ1) is 48.9. The van der Waals surface area contributed by atoms with Crippen LogP contribution in [-0.2, 0) is 38.1 Å². The molecule has 6 aliphatic rings. The fraction of sp³-hybridized carbons (Fsp3) is 0.295. The Balaban J connectivity index is 1.21. The van der Waals surface area contributed by atoms with Gasteiger partial charge in [0.25, 0.3) is 18.4 Å². The molecule has 3 heterocycles. The highest BCUT2D eigenvalue weighted by atomic mass is 16.5. The van der Waals surface area contributed by atoms with Crippen LogP contribution in [-0.4, -0.2) is 99.9 Å². The van der Waals surface area contributed by atoms with Crippen molar-refractivity contribution in [2.45, 2.75) is 65.2 Å². The van der Waals surface area contributed by atoms with Crippen molar-refractivity contribution in [2.75, 3.05) is 45.9 Å². The molecule has 386 valence electrons. The number of carbonyl (C=O) groups is 4. The molecule has 0 fully saturated rings. The van der Waals surface area contributed by atoms with E-state index in [1.54, 1.807) is 9.36 Å². The number of fused-ring (bicyclic) bond motifs is 3. The molecule has 6 unspecified atom stereocenters. The number of carbonyl (C=O) groups excluding carboxylic acids is 4. The van der Waals surface area contributed by atoms with Crippen molar-refractivity contribution in [1.29, 1.82) is 0 Å². The van der Waals surface area contributed by atoms with E-state index in [0.717, 1.165) is 94.5 Å². The Morgan fingerprint density at radius 2 is 1.08 bits per heavy atom. The van der Waals surface area contributed by atoms with Crippen molar-refractivity contribution in [2.24, 2.45) is 11.8 Å². The lowest BCUT2D eigenvalue weighted by atomic mass is 9.54. The summed E-state index contributed by atoms with van der Waals surface area (Å²) in [5, 5.41) is 12.8. The second kappa shape index (κ2) is 18.7. The van der Waals surface area contributed by atoms with Crippen LogP contribution in [0.1, 0.15) is 116 Å². The van der Waals surface area contributed by atoms with Crippen LogP contribution in [0.15, 0.2) is 96.1 Å². The molecular weight excluding hydrogens is 973 g/mol. The van der Waals surface area contributed by atoms with Gasteiger partial charge < -0.3 is 23.8 Å². The van der Waals surface area contributed by atoms with E-state index in [2.05, 4.69) is 60.9 Å². The number of hydrogen-bond acceptors (Lipinski definition) is 14. The summed E-state index contributed by atoms with van der Waals surface area (Å²) in [6.45, 7) is 13.5. The van der Waals surface area contributed by atoms with Gasteiger partial charge in [-0.05, 0) is 134 Å². The molecule has 3 aromatic heterocycles. The lowest BCUT2D eigenvalue weighted by Crippen LogP contribution is -2.47. The lowest BCUT2D eigenvalue weighted by molar-refractivity contribution is -0.160. The minimum Gasteiger partial charge on any atom is -0.469 e. The molecule has 0 radical (unpaired) electrons. The van der Waals surface area contributed by atoms with Gasteiger partial charge in [-0.25, -0.2) is 14.2 Å². The van der Waals surface area contributed by atoms with Crippen LogP contribution in [0.4, 0.5) is 5.69 Å². The Morgan fingerprint density at radius 3 is 1.56 bits per heavy atom. The van der Waals surface area contributed by atoms with Crippen molar-refractivity contribution in [1.82, 2.24) is 34.5 Å². The molecule has 14 rings (SSSR count). The van der Waals surface area contributed by atoms with E-state index in [0.29, 0.717) is 36.3 Å². The normalized spacial score (nSPS) is 19.2. The number of benzene rings is 5. The molecule has 0 saturated heterocycles. The minimum absolute atomic E-state index is 0.104. The first-order valence-electron chi connectivity index (χ1n) is 25.7. The molecule has 5 aromatic carbocycles. The number of methoxy groups -OCH3 is 3. The molecule has 0 aliphatic heterocycles. The largest absolute Gasteiger partial charge is 0.469 e. The number of aromatic nitrogens is 7. The second-order valence-electron chi connectivity index (χ2n) is 20.2. The molecule has 4 bridgehead atoms. The van der Waals surface area contributed by atoms with E-state index in [4.69, 9.17) is 44.1 Å².